The first kappa shape index (κ1) is 20.8. The molecule has 0 aliphatic carbocycles. The summed E-state index contributed by atoms with van der Waals surface area (Å²) in [6.07, 6.45) is 2.44. The highest BCUT2D eigenvalue weighted by Crippen LogP contribution is 2.36. The fourth-order valence-electron chi connectivity index (χ4n) is 4.30. The molecule has 1 fully saturated rings. The van der Waals surface area contributed by atoms with Crippen LogP contribution in [0.2, 0.25) is 0 Å². The Morgan fingerprint density at radius 3 is 2.62 bits per heavy atom. The van der Waals surface area contributed by atoms with Gasteiger partial charge < -0.3 is 9.47 Å². The first-order chi connectivity index (χ1) is 15.6. The van der Waals surface area contributed by atoms with Crippen molar-refractivity contribution in [3.63, 3.8) is 0 Å². The average molecular weight is 452 g/mol. The number of nitrogens with one attached hydrogen (secondary N) is 1. The lowest BCUT2D eigenvalue weighted by Crippen LogP contribution is -2.25. The lowest BCUT2D eigenvalue weighted by molar-refractivity contribution is 0.238. The summed E-state index contributed by atoms with van der Waals surface area (Å²) in [6.45, 7) is 3.50. The van der Waals surface area contributed by atoms with E-state index in [2.05, 4.69) is 15.1 Å². The molecule has 0 radical (unpaired) electrons. The summed E-state index contributed by atoms with van der Waals surface area (Å²) >= 11 is 0. The van der Waals surface area contributed by atoms with Gasteiger partial charge in [0.1, 0.15) is 17.9 Å². The third-order valence-corrected chi connectivity index (χ3v) is 7.75. The van der Waals surface area contributed by atoms with E-state index < -0.39 is 9.84 Å². The number of sulfone groups is 1. The number of aromatic amines is 1. The number of nitrogens with zero attached hydrogens (tertiary/aromatic N) is 2. The Morgan fingerprint density at radius 1 is 1.03 bits per heavy atom. The van der Waals surface area contributed by atoms with E-state index in [0.717, 1.165) is 25.0 Å². The minimum Gasteiger partial charge on any atom is -0.497 e. The molecule has 1 aliphatic heterocycles. The van der Waals surface area contributed by atoms with Crippen LogP contribution in [0.25, 0.3) is 21.7 Å². The van der Waals surface area contributed by atoms with Crippen molar-refractivity contribution < 1.29 is 17.9 Å². The highest BCUT2D eigenvalue weighted by atomic mass is 32.2. The van der Waals surface area contributed by atoms with E-state index in [-0.39, 0.29) is 9.92 Å². The number of hydrogen-bond acceptors (Lipinski definition) is 6. The lowest BCUT2D eigenvalue weighted by Gasteiger charge is -2.15. The van der Waals surface area contributed by atoms with Gasteiger partial charge >= 0.3 is 0 Å². The van der Waals surface area contributed by atoms with Crippen LogP contribution in [0.15, 0.2) is 64.5 Å². The van der Waals surface area contributed by atoms with Crippen molar-refractivity contribution in [2.24, 2.45) is 0 Å². The summed E-state index contributed by atoms with van der Waals surface area (Å²) in [6, 6.07) is 16.1. The number of rotatable bonds is 7. The van der Waals surface area contributed by atoms with Crippen molar-refractivity contribution in [2.75, 3.05) is 33.4 Å². The van der Waals surface area contributed by atoms with E-state index in [1.165, 1.54) is 12.8 Å². The van der Waals surface area contributed by atoms with Gasteiger partial charge in [0.25, 0.3) is 0 Å². The van der Waals surface area contributed by atoms with Gasteiger partial charge in [-0.3, -0.25) is 10.00 Å². The fraction of sp³-hybridized carbons (Fsp3) is 0.292. The lowest BCUT2D eigenvalue weighted by atomic mass is 10.1. The number of benzene rings is 3. The zero-order valence-electron chi connectivity index (χ0n) is 17.9. The molecule has 32 heavy (non-hydrogen) atoms. The second kappa shape index (κ2) is 8.44. The van der Waals surface area contributed by atoms with Crippen LogP contribution < -0.4 is 9.47 Å². The molecule has 1 aliphatic rings. The van der Waals surface area contributed by atoms with Crippen molar-refractivity contribution >= 4 is 31.5 Å². The molecule has 7 nitrogen and oxygen atoms in total. The SMILES string of the molecule is COc1cc(OCCN2CCCC2)c2n[nH]c(S(=O)(=O)c3cccc4ccccc34)c2c1. The van der Waals surface area contributed by atoms with Crippen molar-refractivity contribution in [3.05, 3.63) is 54.6 Å². The number of fused-ring (bicyclic) bond motifs is 2. The predicted octanol–water partition coefficient (Wildman–Crippen LogP) is 4.03. The van der Waals surface area contributed by atoms with E-state index in [1.54, 1.807) is 31.4 Å². The maximum absolute atomic E-state index is 13.7. The average Bonchev–Trinajstić information content (AvgIpc) is 3.48. The van der Waals surface area contributed by atoms with E-state index in [1.807, 2.05) is 30.3 Å². The molecule has 0 amide bonds. The van der Waals surface area contributed by atoms with E-state index in [4.69, 9.17) is 9.47 Å². The zero-order chi connectivity index (χ0) is 22.1. The number of H-pyrrole nitrogens is 1. The Kier molecular flexibility index (Phi) is 5.48. The second-order valence-electron chi connectivity index (χ2n) is 7.95. The Morgan fingerprint density at radius 2 is 1.81 bits per heavy atom. The summed E-state index contributed by atoms with van der Waals surface area (Å²) in [7, 11) is -2.31. The molecule has 0 spiro atoms. The molecule has 0 saturated carbocycles. The molecule has 0 bridgehead atoms. The van der Waals surface area contributed by atoms with Crippen molar-refractivity contribution in [1.29, 1.82) is 0 Å². The standard InChI is InChI=1S/C24H25N3O4S/c1-30-18-15-20-23(21(16-18)31-14-13-27-11-4-5-12-27)25-26-24(20)32(28,29)22-10-6-8-17-7-2-3-9-19(17)22/h2-3,6-10,15-16H,4-5,11-14H2,1H3,(H,25,26). The molecule has 3 aromatic carbocycles. The van der Waals surface area contributed by atoms with Crippen LogP contribution >= 0.6 is 0 Å². The monoisotopic (exact) mass is 451 g/mol. The van der Waals surface area contributed by atoms with Crippen LogP contribution in [-0.2, 0) is 9.84 Å². The maximum atomic E-state index is 13.7. The van der Waals surface area contributed by atoms with Gasteiger partial charge in [0.15, 0.2) is 10.8 Å². The summed E-state index contributed by atoms with van der Waals surface area (Å²) in [5, 5.41) is 9.09. The second-order valence-corrected chi connectivity index (χ2v) is 9.81. The summed E-state index contributed by atoms with van der Waals surface area (Å²) < 4.78 is 38.8. The van der Waals surface area contributed by atoms with Gasteiger partial charge in [0.05, 0.1) is 12.0 Å². The summed E-state index contributed by atoms with van der Waals surface area (Å²) in [5.41, 5.74) is 0.478. The number of aromatic nitrogens is 2. The first-order valence-corrected chi connectivity index (χ1v) is 12.2. The third-order valence-electron chi connectivity index (χ3n) is 5.97. The number of ether oxygens (including phenoxy) is 2. The third kappa shape index (κ3) is 3.69. The van der Waals surface area contributed by atoms with Crippen LogP contribution in [-0.4, -0.2) is 56.9 Å². The molecule has 5 rings (SSSR count). The molecule has 1 N–H and O–H groups in total. The van der Waals surface area contributed by atoms with Crippen LogP contribution in [0.3, 0.4) is 0 Å². The highest BCUT2D eigenvalue weighted by molar-refractivity contribution is 7.91. The van der Waals surface area contributed by atoms with Crippen LogP contribution in [0, 0.1) is 0 Å². The molecule has 8 heteroatoms. The molecule has 166 valence electrons. The summed E-state index contributed by atoms with van der Waals surface area (Å²) in [4.78, 5) is 2.60. The van der Waals surface area contributed by atoms with Gasteiger partial charge in [-0.15, -0.1) is 0 Å². The Bertz CT molecular complexity index is 1370. The zero-order valence-corrected chi connectivity index (χ0v) is 18.7. The molecule has 4 aromatic rings. The van der Waals surface area contributed by atoms with Gasteiger partial charge in [-0.1, -0.05) is 36.4 Å². The normalized spacial score (nSPS) is 14.9. The summed E-state index contributed by atoms with van der Waals surface area (Å²) in [5.74, 6) is 1.03. The van der Waals surface area contributed by atoms with E-state index >= 15 is 0 Å². The molecular weight excluding hydrogens is 426 g/mol. The Labute approximate surface area is 186 Å². The minimum absolute atomic E-state index is 0.0344. The molecule has 0 atom stereocenters. The Balaban J connectivity index is 1.55. The highest BCUT2D eigenvalue weighted by Gasteiger charge is 2.27. The van der Waals surface area contributed by atoms with Crippen molar-refractivity contribution in [3.8, 4) is 11.5 Å². The van der Waals surface area contributed by atoms with Gasteiger partial charge in [0, 0.05) is 23.4 Å². The molecular formula is C24H25N3O4S. The Hall–Kier alpha value is -3.10. The smallest absolute Gasteiger partial charge is 0.224 e. The van der Waals surface area contributed by atoms with Crippen LogP contribution in [0.1, 0.15) is 12.8 Å². The van der Waals surface area contributed by atoms with E-state index in [0.29, 0.717) is 34.4 Å². The quantitative estimate of drug-likeness (QED) is 0.457. The predicted molar refractivity (Wildman–Crippen MR) is 123 cm³/mol. The number of likely N-dealkylation sites (tertiary alicyclic amines) is 1. The van der Waals surface area contributed by atoms with Crippen molar-refractivity contribution in [2.45, 2.75) is 22.8 Å². The maximum Gasteiger partial charge on any atom is 0.224 e. The molecule has 0 unspecified atom stereocenters. The van der Waals surface area contributed by atoms with Crippen LogP contribution in [0.4, 0.5) is 0 Å². The van der Waals surface area contributed by atoms with Gasteiger partial charge in [0.2, 0.25) is 9.84 Å². The van der Waals surface area contributed by atoms with Gasteiger partial charge in [-0.05, 0) is 43.5 Å². The van der Waals surface area contributed by atoms with E-state index in [9.17, 15) is 8.42 Å². The van der Waals surface area contributed by atoms with Crippen LogP contribution in [0.5, 0.6) is 11.5 Å². The molecule has 2 heterocycles. The van der Waals surface area contributed by atoms with Crippen molar-refractivity contribution in [1.82, 2.24) is 15.1 Å². The topological polar surface area (TPSA) is 84.5 Å². The first-order valence-electron chi connectivity index (χ1n) is 10.7. The van der Waals surface area contributed by atoms with Gasteiger partial charge in [-0.2, -0.15) is 5.10 Å². The fourth-order valence-corrected chi connectivity index (χ4v) is 5.87. The number of hydrogen-bond donors (Lipinski definition) is 1. The number of methoxy groups -OCH3 is 1. The van der Waals surface area contributed by atoms with Gasteiger partial charge in [-0.25, -0.2) is 8.42 Å². The molecule has 1 aromatic heterocycles. The minimum atomic E-state index is -3.86. The largest absolute Gasteiger partial charge is 0.497 e. The molecule has 1 saturated heterocycles.